The third-order valence-corrected chi connectivity index (χ3v) is 5.85. The van der Waals surface area contributed by atoms with E-state index in [0.29, 0.717) is 6.61 Å². The van der Waals surface area contributed by atoms with E-state index in [4.69, 9.17) is 9.16 Å². The van der Waals surface area contributed by atoms with Gasteiger partial charge >= 0.3 is 5.97 Å². The summed E-state index contributed by atoms with van der Waals surface area (Å²) in [6, 6.07) is 6.69. The molecule has 30 heavy (non-hydrogen) atoms. The third kappa shape index (κ3) is 6.59. The Labute approximate surface area is 183 Å². The molecule has 0 spiro atoms. The Hall–Kier alpha value is -2.33. The molecule has 2 rings (SSSR count). The molecule has 3 nitrogen and oxygen atoms in total. The molecule has 1 aliphatic rings. The number of hydrogen-bond donors (Lipinski definition) is 0. The third-order valence-electron chi connectivity index (χ3n) is 5.02. The van der Waals surface area contributed by atoms with Gasteiger partial charge in [-0.05, 0) is 86.7 Å². The van der Waals surface area contributed by atoms with Gasteiger partial charge in [-0.2, -0.15) is 0 Å². The van der Waals surface area contributed by atoms with Crippen LogP contribution < -0.4 is 0 Å². The molecule has 1 aliphatic carbocycles. The molecule has 0 fully saturated rings. The van der Waals surface area contributed by atoms with Gasteiger partial charge in [0.1, 0.15) is 5.76 Å². The summed E-state index contributed by atoms with van der Waals surface area (Å²) in [6.45, 7) is 17.4. The first kappa shape index (κ1) is 23.9. The summed E-state index contributed by atoms with van der Waals surface area (Å²) in [5.74, 6) is 0.723. The summed E-state index contributed by atoms with van der Waals surface area (Å²) in [5, 5.41) is 0. The predicted molar refractivity (Wildman–Crippen MR) is 130 cm³/mol. The molecule has 0 atom stereocenters. The van der Waals surface area contributed by atoms with E-state index >= 15 is 0 Å². The van der Waals surface area contributed by atoms with Gasteiger partial charge in [0.2, 0.25) is 8.32 Å². The lowest BCUT2D eigenvalue weighted by Gasteiger charge is -2.34. The van der Waals surface area contributed by atoms with Crippen molar-refractivity contribution < 1.29 is 14.0 Å². The highest BCUT2D eigenvalue weighted by Gasteiger charge is 2.31. The molecule has 0 amide bonds. The molecular formula is C26H36O3Si. The summed E-state index contributed by atoms with van der Waals surface area (Å²) >= 11 is 0. The van der Waals surface area contributed by atoms with Crippen LogP contribution in [0.1, 0.15) is 57.7 Å². The van der Waals surface area contributed by atoms with Crippen molar-refractivity contribution in [2.24, 2.45) is 0 Å². The predicted octanol–water partition coefficient (Wildman–Crippen LogP) is 7.03. The molecule has 0 bridgehead atoms. The molecule has 0 aliphatic heterocycles. The summed E-state index contributed by atoms with van der Waals surface area (Å²) in [6.07, 6.45) is 10.7. The van der Waals surface area contributed by atoms with Crippen LogP contribution in [0.4, 0.5) is 0 Å². The molecular weight excluding hydrogens is 388 g/mol. The van der Waals surface area contributed by atoms with Gasteiger partial charge in [-0.1, -0.05) is 44.2 Å². The van der Waals surface area contributed by atoms with Gasteiger partial charge in [-0.3, -0.25) is 0 Å². The molecule has 0 radical (unpaired) electrons. The van der Waals surface area contributed by atoms with Gasteiger partial charge in [0.05, 0.1) is 6.61 Å². The van der Waals surface area contributed by atoms with Crippen LogP contribution in [0, 0.1) is 0 Å². The van der Waals surface area contributed by atoms with Crippen LogP contribution in [-0.4, -0.2) is 20.9 Å². The maximum Gasteiger partial charge on any atom is 0.330 e. The maximum absolute atomic E-state index is 11.5. The molecule has 162 valence electrons. The first-order valence-corrected chi connectivity index (χ1v) is 14.1. The van der Waals surface area contributed by atoms with Crippen molar-refractivity contribution in [1.82, 2.24) is 0 Å². The number of carbonyl (C=O) groups is 1. The number of fused-ring (bicyclic) bond motifs is 1. The number of allylic oxidation sites excluding steroid dienone is 6. The van der Waals surface area contributed by atoms with Gasteiger partial charge in [-0.15, -0.1) is 0 Å². The van der Waals surface area contributed by atoms with Crippen molar-refractivity contribution in [3.05, 3.63) is 70.8 Å². The molecule has 1 aromatic rings. The Balaban J connectivity index is 2.30. The van der Waals surface area contributed by atoms with Crippen molar-refractivity contribution in [3.63, 3.8) is 0 Å². The van der Waals surface area contributed by atoms with Gasteiger partial charge in [0.25, 0.3) is 0 Å². The minimum Gasteiger partial charge on any atom is -0.544 e. The lowest BCUT2D eigenvalue weighted by molar-refractivity contribution is -0.137. The van der Waals surface area contributed by atoms with Gasteiger partial charge in [-0.25, -0.2) is 4.79 Å². The zero-order valence-electron chi connectivity index (χ0n) is 19.8. The first-order valence-electron chi connectivity index (χ1n) is 10.7. The zero-order valence-corrected chi connectivity index (χ0v) is 20.8. The molecule has 0 saturated heterocycles. The highest BCUT2D eigenvalue weighted by molar-refractivity contribution is 6.70. The van der Waals surface area contributed by atoms with E-state index in [0.717, 1.165) is 23.3 Å². The van der Waals surface area contributed by atoms with Crippen LogP contribution in [-0.2, 0) is 19.4 Å². The van der Waals surface area contributed by atoms with E-state index in [9.17, 15) is 4.79 Å². The van der Waals surface area contributed by atoms with Crippen LogP contribution in [0.2, 0.25) is 19.6 Å². The topological polar surface area (TPSA) is 35.5 Å². The summed E-state index contributed by atoms with van der Waals surface area (Å²) in [7, 11) is -1.70. The highest BCUT2D eigenvalue weighted by atomic mass is 28.4. The quantitative estimate of drug-likeness (QED) is 0.204. The molecule has 0 unspecified atom stereocenters. The Morgan fingerprint density at radius 2 is 1.90 bits per heavy atom. The molecule has 0 saturated carbocycles. The SMILES string of the molecule is CCOC(=O)C=C(C)C=CC=C(C)c1ccc2c(c1)C(O[Si](C)(C)C)=CCC2(C)C. The number of esters is 1. The largest absolute Gasteiger partial charge is 0.544 e. The van der Waals surface area contributed by atoms with Crippen LogP contribution >= 0.6 is 0 Å². The van der Waals surface area contributed by atoms with Gasteiger partial charge < -0.3 is 9.16 Å². The summed E-state index contributed by atoms with van der Waals surface area (Å²) in [5.41, 5.74) is 5.85. The zero-order chi connectivity index (χ0) is 22.5. The fourth-order valence-corrected chi connectivity index (χ4v) is 4.29. The van der Waals surface area contributed by atoms with E-state index in [1.54, 1.807) is 6.92 Å². The minimum absolute atomic E-state index is 0.104. The first-order chi connectivity index (χ1) is 13.9. The number of ether oxygens (including phenoxy) is 1. The molecule has 0 heterocycles. The van der Waals surface area contributed by atoms with E-state index in [1.165, 1.54) is 22.8 Å². The lowest BCUT2D eigenvalue weighted by Crippen LogP contribution is -2.28. The number of carbonyl (C=O) groups excluding carboxylic acids is 1. The van der Waals surface area contributed by atoms with Crippen molar-refractivity contribution in [3.8, 4) is 0 Å². The summed E-state index contributed by atoms with van der Waals surface area (Å²) < 4.78 is 11.4. The molecule has 1 aromatic carbocycles. The second-order valence-electron chi connectivity index (χ2n) is 9.48. The Kier molecular flexibility index (Phi) is 7.70. The van der Waals surface area contributed by atoms with Crippen LogP contribution in [0.3, 0.4) is 0 Å². The Morgan fingerprint density at radius 1 is 1.20 bits per heavy atom. The lowest BCUT2D eigenvalue weighted by atomic mass is 9.74. The average molecular weight is 425 g/mol. The van der Waals surface area contributed by atoms with Gasteiger partial charge in [0.15, 0.2) is 0 Å². The van der Waals surface area contributed by atoms with Crippen molar-refractivity contribution in [2.45, 2.75) is 66.1 Å². The standard InChI is InChI=1S/C26H36O3Si/c1-9-28-25(27)17-19(2)11-10-12-20(3)21-13-14-23-22(18-21)24(29-30(6,7)8)15-16-26(23,4)5/h10-15,17-18H,9,16H2,1-8H3. The average Bonchev–Trinajstić information content (AvgIpc) is 2.63. The second kappa shape index (κ2) is 9.65. The van der Waals surface area contributed by atoms with E-state index in [-0.39, 0.29) is 11.4 Å². The van der Waals surface area contributed by atoms with Crippen molar-refractivity contribution >= 4 is 25.6 Å². The monoisotopic (exact) mass is 424 g/mol. The highest BCUT2D eigenvalue weighted by Crippen LogP contribution is 2.41. The number of rotatable bonds is 7. The Morgan fingerprint density at radius 3 is 2.53 bits per heavy atom. The molecule has 0 N–H and O–H groups in total. The smallest absolute Gasteiger partial charge is 0.330 e. The number of benzene rings is 1. The summed E-state index contributed by atoms with van der Waals surface area (Å²) in [4.78, 5) is 11.5. The van der Waals surface area contributed by atoms with E-state index in [1.807, 2.05) is 19.1 Å². The molecule has 0 aromatic heterocycles. The van der Waals surface area contributed by atoms with Crippen LogP contribution in [0.5, 0.6) is 0 Å². The van der Waals surface area contributed by atoms with Gasteiger partial charge in [0, 0.05) is 11.6 Å². The number of hydrogen-bond acceptors (Lipinski definition) is 3. The van der Waals surface area contributed by atoms with Crippen molar-refractivity contribution in [1.29, 1.82) is 0 Å². The second-order valence-corrected chi connectivity index (χ2v) is 13.9. The van der Waals surface area contributed by atoms with Crippen molar-refractivity contribution in [2.75, 3.05) is 6.61 Å². The maximum atomic E-state index is 11.5. The fourth-order valence-electron chi connectivity index (χ4n) is 3.44. The van der Waals surface area contributed by atoms with E-state index < -0.39 is 8.32 Å². The van der Waals surface area contributed by atoms with Crippen LogP contribution in [0.25, 0.3) is 11.3 Å². The molecule has 4 heteroatoms. The minimum atomic E-state index is -1.70. The van der Waals surface area contributed by atoms with Crippen LogP contribution in [0.15, 0.2) is 54.2 Å². The van der Waals surface area contributed by atoms with E-state index in [2.05, 4.69) is 70.8 Å². The normalized spacial score (nSPS) is 16.9. The fraction of sp³-hybridized carbons (Fsp3) is 0.423. The Bertz CT molecular complexity index is 909.